The van der Waals surface area contributed by atoms with E-state index in [1.54, 1.807) is 7.11 Å². The normalized spacial score (nSPS) is 9.64. The molecule has 0 aromatic carbocycles. The molecule has 0 bridgehead atoms. The average molecular weight is 160 g/mol. The van der Waals surface area contributed by atoms with E-state index in [1.165, 1.54) is 0 Å². The molecule has 0 atom stereocenters. The number of esters is 1. The van der Waals surface area contributed by atoms with Gasteiger partial charge in [0.05, 0.1) is 6.61 Å². The maximum atomic E-state index is 10.8. The van der Waals surface area contributed by atoms with E-state index in [0.717, 1.165) is 12.8 Å². The van der Waals surface area contributed by atoms with Crippen molar-refractivity contribution < 1.29 is 14.3 Å². The molecule has 3 nitrogen and oxygen atoms in total. The zero-order chi connectivity index (χ0) is 8.53. The van der Waals surface area contributed by atoms with Crippen molar-refractivity contribution in [2.24, 2.45) is 0 Å². The van der Waals surface area contributed by atoms with Crippen molar-refractivity contribution in [1.82, 2.24) is 0 Å². The molecule has 0 aliphatic carbocycles. The zero-order valence-electron chi connectivity index (χ0n) is 7.26. The Morgan fingerprint density at radius 1 is 1.36 bits per heavy atom. The fourth-order valence-electron chi connectivity index (χ4n) is 0.649. The van der Waals surface area contributed by atoms with Crippen molar-refractivity contribution in [3.05, 3.63) is 0 Å². The Balaban J connectivity index is 3.09. The highest BCUT2D eigenvalue weighted by atomic mass is 16.5. The maximum Gasteiger partial charge on any atom is 0.305 e. The van der Waals surface area contributed by atoms with Crippen LogP contribution in [0.2, 0.25) is 0 Å². The smallest absolute Gasteiger partial charge is 0.305 e. The molecular weight excluding hydrogens is 144 g/mol. The van der Waals surface area contributed by atoms with Crippen LogP contribution in [0.25, 0.3) is 0 Å². The molecule has 0 aromatic heterocycles. The summed E-state index contributed by atoms with van der Waals surface area (Å²) >= 11 is 0. The summed E-state index contributed by atoms with van der Waals surface area (Å²) in [6.07, 6.45) is 2.10. The summed E-state index contributed by atoms with van der Waals surface area (Å²) in [6, 6.07) is 0. The molecule has 0 unspecified atom stereocenters. The SMILES string of the molecule is CCCOC(=O)CCCOC. The monoisotopic (exact) mass is 160 g/mol. The van der Waals surface area contributed by atoms with E-state index in [4.69, 9.17) is 9.47 Å². The van der Waals surface area contributed by atoms with Crippen LogP contribution in [0.15, 0.2) is 0 Å². The molecule has 0 saturated carbocycles. The van der Waals surface area contributed by atoms with E-state index in [9.17, 15) is 4.79 Å². The molecule has 0 saturated heterocycles. The highest BCUT2D eigenvalue weighted by Crippen LogP contribution is 1.93. The van der Waals surface area contributed by atoms with E-state index < -0.39 is 0 Å². The second-order valence-corrected chi connectivity index (χ2v) is 2.32. The lowest BCUT2D eigenvalue weighted by atomic mass is 10.3. The van der Waals surface area contributed by atoms with Gasteiger partial charge in [-0.3, -0.25) is 4.79 Å². The van der Waals surface area contributed by atoms with Crippen molar-refractivity contribution in [1.29, 1.82) is 0 Å². The molecule has 0 aliphatic rings. The van der Waals surface area contributed by atoms with Gasteiger partial charge in [-0.05, 0) is 12.8 Å². The van der Waals surface area contributed by atoms with Gasteiger partial charge in [0.2, 0.25) is 0 Å². The molecule has 0 rings (SSSR count). The topological polar surface area (TPSA) is 35.5 Å². The minimum atomic E-state index is -0.121. The van der Waals surface area contributed by atoms with Gasteiger partial charge in [-0.25, -0.2) is 0 Å². The summed E-state index contributed by atoms with van der Waals surface area (Å²) in [7, 11) is 1.62. The van der Waals surface area contributed by atoms with Crippen molar-refractivity contribution in [2.45, 2.75) is 26.2 Å². The summed E-state index contributed by atoms with van der Waals surface area (Å²) in [5.41, 5.74) is 0. The number of hydrogen-bond acceptors (Lipinski definition) is 3. The van der Waals surface area contributed by atoms with Gasteiger partial charge in [-0.1, -0.05) is 6.92 Å². The highest BCUT2D eigenvalue weighted by Gasteiger charge is 1.99. The fraction of sp³-hybridized carbons (Fsp3) is 0.875. The molecule has 0 heterocycles. The largest absolute Gasteiger partial charge is 0.466 e. The van der Waals surface area contributed by atoms with E-state index >= 15 is 0 Å². The molecule has 0 N–H and O–H groups in total. The Morgan fingerprint density at radius 3 is 2.64 bits per heavy atom. The van der Waals surface area contributed by atoms with Crippen LogP contribution in [0.4, 0.5) is 0 Å². The predicted octanol–water partition coefficient (Wildman–Crippen LogP) is 1.37. The molecule has 0 fully saturated rings. The molecule has 66 valence electrons. The molecule has 11 heavy (non-hydrogen) atoms. The molecule has 0 aliphatic heterocycles. The number of methoxy groups -OCH3 is 1. The van der Waals surface area contributed by atoms with Crippen LogP contribution in [-0.4, -0.2) is 26.3 Å². The first kappa shape index (κ1) is 10.4. The third-order valence-electron chi connectivity index (χ3n) is 1.20. The molecule has 0 aromatic rings. The lowest BCUT2D eigenvalue weighted by Gasteiger charge is -2.01. The molecule has 0 amide bonds. The molecule has 3 heteroatoms. The quantitative estimate of drug-likeness (QED) is 0.435. The molecule has 0 spiro atoms. The number of carbonyl (C=O) groups excluding carboxylic acids is 1. The third-order valence-corrected chi connectivity index (χ3v) is 1.20. The van der Waals surface area contributed by atoms with Crippen LogP contribution in [-0.2, 0) is 14.3 Å². The Bertz CT molecular complexity index is 102. The van der Waals surface area contributed by atoms with Crippen LogP contribution in [0.5, 0.6) is 0 Å². The fourth-order valence-corrected chi connectivity index (χ4v) is 0.649. The van der Waals surface area contributed by atoms with Crippen LogP contribution in [0.1, 0.15) is 26.2 Å². The second kappa shape index (κ2) is 7.54. The van der Waals surface area contributed by atoms with Gasteiger partial charge < -0.3 is 9.47 Å². The van der Waals surface area contributed by atoms with Gasteiger partial charge in [0.15, 0.2) is 0 Å². The van der Waals surface area contributed by atoms with Crippen LogP contribution >= 0.6 is 0 Å². The lowest BCUT2D eigenvalue weighted by molar-refractivity contribution is -0.144. The van der Waals surface area contributed by atoms with Gasteiger partial charge in [-0.2, -0.15) is 0 Å². The van der Waals surface area contributed by atoms with E-state index in [1.807, 2.05) is 6.92 Å². The summed E-state index contributed by atoms with van der Waals surface area (Å²) in [5.74, 6) is -0.121. The Hall–Kier alpha value is -0.570. The highest BCUT2D eigenvalue weighted by molar-refractivity contribution is 5.69. The second-order valence-electron chi connectivity index (χ2n) is 2.32. The lowest BCUT2D eigenvalue weighted by Crippen LogP contribution is -2.06. The Labute approximate surface area is 67.7 Å². The van der Waals surface area contributed by atoms with Crippen molar-refractivity contribution >= 4 is 5.97 Å². The van der Waals surface area contributed by atoms with E-state index in [-0.39, 0.29) is 5.97 Å². The maximum absolute atomic E-state index is 10.8. The summed E-state index contributed by atoms with van der Waals surface area (Å²) < 4.78 is 9.63. The number of hydrogen-bond donors (Lipinski definition) is 0. The number of ether oxygens (including phenoxy) is 2. The van der Waals surface area contributed by atoms with Gasteiger partial charge in [0, 0.05) is 20.1 Å². The average Bonchev–Trinajstić information content (AvgIpc) is 2.01. The summed E-state index contributed by atoms with van der Waals surface area (Å²) in [5, 5.41) is 0. The van der Waals surface area contributed by atoms with Gasteiger partial charge in [0.1, 0.15) is 0 Å². The number of carbonyl (C=O) groups is 1. The molecule has 0 radical (unpaired) electrons. The first-order valence-corrected chi connectivity index (χ1v) is 3.95. The van der Waals surface area contributed by atoms with E-state index in [0.29, 0.717) is 19.6 Å². The first-order chi connectivity index (χ1) is 5.31. The zero-order valence-corrected chi connectivity index (χ0v) is 7.26. The summed E-state index contributed by atoms with van der Waals surface area (Å²) in [6.45, 7) is 3.13. The third kappa shape index (κ3) is 7.33. The van der Waals surface area contributed by atoms with Crippen molar-refractivity contribution in [3.63, 3.8) is 0 Å². The van der Waals surface area contributed by atoms with Crippen molar-refractivity contribution in [3.8, 4) is 0 Å². The number of rotatable bonds is 6. The van der Waals surface area contributed by atoms with E-state index in [2.05, 4.69) is 0 Å². The van der Waals surface area contributed by atoms with Crippen LogP contribution in [0, 0.1) is 0 Å². The minimum absolute atomic E-state index is 0.121. The minimum Gasteiger partial charge on any atom is -0.466 e. The summed E-state index contributed by atoms with van der Waals surface area (Å²) in [4.78, 5) is 10.8. The van der Waals surface area contributed by atoms with Gasteiger partial charge in [-0.15, -0.1) is 0 Å². The standard InChI is InChI=1S/C8H16O3/c1-3-6-11-8(9)5-4-7-10-2/h3-7H2,1-2H3. The van der Waals surface area contributed by atoms with Crippen LogP contribution < -0.4 is 0 Å². The Morgan fingerprint density at radius 2 is 2.09 bits per heavy atom. The Kier molecular flexibility index (Phi) is 7.15. The van der Waals surface area contributed by atoms with Gasteiger partial charge in [0.25, 0.3) is 0 Å². The first-order valence-electron chi connectivity index (χ1n) is 3.95. The van der Waals surface area contributed by atoms with Crippen molar-refractivity contribution in [2.75, 3.05) is 20.3 Å². The van der Waals surface area contributed by atoms with Crippen LogP contribution in [0.3, 0.4) is 0 Å². The predicted molar refractivity (Wildman–Crippen MR) is 42.4 cm³/mol. The van der Waals surface area contributed by atoms with Gasteiger partial charge >= 0.3 is 5.97 Å². The molecular formula is C8H16O3.